The number of carbonyl (C=O) groups is 7. The number of rotatable bonds is 37. The number of carboxylic acids is 2. The third-order valence-electron chi connectivity index (χ3n) is 17.5. The number of hydrogen-bond donors (Lipinski definition) is 16. The Hall–Kier alpha value is -4.95. The molecular formula is C61H106N6O26. The van der Waals surface area contributed by atoms with E-state index in [1.54, 1.807) is 71.6 Å². The SMILES string of the molecule is C/C=C\C(=C/C)CC(NC(=O)C(C)C(OC)C1CCCN1C(=O)CC(OC)C(C(C)C)N(C)C(=O)C(NC(=O)C(C(C)C)N(C)CC(O)C(O)C(OC1OC(CO)C(O)C(OC2(C(=O)O)CC(O)C(NC(C)=O)C(C(O)C(O)CO)O2)C1O)C(O)CO)C(C)C)C(=O)O. The molecular weight excluding hydrogens is 1230 g/mol. The maximum atomic E-state index is 14.8. The molecule has 3 heterocycles. The molecule has 0 saturated carbocycles. The smallest absolute Gasteiger partial charge is 0.364 e. The van der Waals surface area contributed by atoms with Gasteiger partial charge in [-0.2, -0.15) is 0 Å². The van der Waals surface area contributed by atoms with E-state index in [0.29, 0.717) is 25.0 Å². The fourth-order valence-corrected chi connectivity index (χ4v) is 12.6. The standard InChI is InChI=1S/C61H106N6O26/c1-15-18-33(16-2)21-34(58(84)85)63-55(81)31(9)51(89-14)35-19-17-20-67(35)42(76)22-40(88-13)45(29(5)6)66(12)57(83)43(28(3)4)64-56(82)46(30(7)8)65(11)24-37(73)47(77)52(39(75)26-69)91-59-50(80)54(49(79)41(27-70)90-59)93-61(60(86)87)23-36(72)44(62-32(10)71)53(92-61)48(78)38(74)25-68/h15-16,18,28-31,34-41,43-54,59,68-70,72-75,77-80H,17,19-27H2,1-14H3,(H,62,71)(H,63,81)(H,64,82)(H,84,85)(H,86,87)/b18-15-,33-16+. The van der Waals surface area contributed by atoms with E-state index in [0.717, 1.165) is 6.92 Å². The zero-order valence-corrected chi connectivity index (χ0v) is 55.7. The summed E-state index contributed by atoms with van der Waals surface area (Å²) in [7, 11) is 5.75. The highest BCUT2D eigenvalue weighted by molar-refractivity contribution is 5.90. The summed E-state index contributed by atoms with van der Waals surface area (Å²) in [5, 5.41) is 148. The third-order valence-corrected chi connectivity index (χ3v) is 17.5. The summed E-state index contributed by atoms with van der Waals surface area (Å²) in [5.41, 5.74) is 0.711. The zero-order valence-electron chi connectivity index (χ0n) is 55.7. The van der Waals surface area contributed by atoms with Gasteiger partial charge in [-0.3, -0.25) is 28.9 Å². The lowest BCUT2D eigenvalue weighted by Crippen LogP contribution is -2.70. The number of likely N-dealkylation sites (N-methyl/N-ethyl adjacent to an activating group) is 2. The highest BCUT2D eigenvalue weighted by Crippen LogP contribution is 2.38. The van der Waals surface area contributed by atoms with Crippen molar-refractivity contribution in [2.75, 3.05) is 61.2 Å². The van der Waals surface area contributed by atoms with Crippen LogP contribution in [-0.2, 0) is 62.0 Å². The number of aliphatic hydroxyl groups is 11. The van der Waals surface area contributed by atoms with Crippen molar-refractivity contribution in [2.45, 2.75) is 235 Å². The van der Waals surface area contributed by atoms with E-state index in [1.807, 2.05) is 13.8 Å². The Kier molecular flexibility index (Phi) is 33.2. The molecule has 0 aromatic rings. The molecule has 0 aliphatic carbocycles. The first-order chi connectivity index (χ1) is 43.5. The monoisotopic (exact) mass is 1340 g/mol. The fourth-order valence-electron chi connectivity index (χ4n) is 12.6. The molecule has 16 N–H and O–H groups in total. The Morgan fingerprint density at radius 2 is 1.42 bits per heavy atom. The van der Waals surface area contributed by atoms with Gasteiger partial charge in [0.05, 0.1) is 80.7 Å². The minimum atomic E-state index is -3.17. The van der Waals surface area contributed by atoms with E-state index < -0.39 is 220 Å². The Morgan fingerprint density at radius 3 is 1.91 bits per heavy atom. The van der Waals surface area contributed by atoms with Gasteiger partial charge in [-0.1, -0.05) is 66.7 Å². The first-order valence-electron chi connectivity index (χ1n) is 31.4. The molecule has 0 spiro atoms. The van der Waals surface area contributed by atoms with E-state index >= 15 is 0 Å². The number of amides is 5. The molecule has 23 unspecified atom stereocenters. The minimum absolute atomic E-state index is 0.0430. The number of aliphatic hydroxyl groups excluding tert-OH is 11. The van der Waals surface area contributed by atoms with E-state index in [1.165, 1.54) is 38.1 Å². The first kappa shape index (κ1) is 82.3. The van der Waals surface area contributed by atoms with E-state index in [4.69, 9.17) is 28.4 Å². The number of nitrogens with zero attached hydrogens (tertiary/aromatic N) is 3. The second kappa shape index (κ2) is 37.5. The predicted octanol–water partition coefficient (Wildman–Crippen LogP) is -4.47. The summed E-state index contributed by atoms with van der Waals surface area (Å²) >= 11 is 0. The highest BCUT2D eigenvalue weighted by Gasteiger charge is 2.60. The van der Waals surface area contributed by atoms with Crippen molar-refractivity contribution >= 4 is 41.5 Å². The van der Waals surface area contributed by atoms with Crippen molar-refractivity contribution in [3.63, 3.8) is 0 Å². The molecule has 3 aliphatic heterocycles. The number of methoxy groups -OCH3 is 2. The van der Waals surface area contributed by atoms with Crippen LogP contribution in [0, 0.1) is 23.7 Å². The number of carbonyl (C=O) groups excluding carboxylic acids is 5. The number of nitrogens with one attached hydrogen (secondary N) is 3. The van der Waals surface area contributed by atoms with Crippen molar-refractivity contribution < 1.29 is 128 Å². The average Bonchev–Trinajstić information content (AvgIpc) is 1.19. The summed E-state index contributed by atoms with van der Waals surface area (Å²) < 4.78 is 34.5. The van der Waals surface area contributed by atoms with Gasteiger partial charge >= 0.3 is 11.9 Å². The van der Waals surface area contributed by atoms with Crippen LogP contribution in [0.1, 0.15) is 101 Å². The molecule has 93 heavy (non-hydrogen) atoms. The largest absolute Gasteiger partial charge is 0.480 e. The van der Waals surface area contributed by atoms with Crippen LogP contribution in [0.25, 0.3) is 0 Å². The van der Waals surface area contributed by atoms with Crippen LogP contribution in [0.15, 0.2) is 23.8 Å². The fraction of sp³-hybridized carbons (Fsp3) is 0.820. The van der Waals surface area contributed by atoms with Gasteiger partial charge in [-0.05, 0) is 57.1 Å². The minimum Gasteiger partial charge on any atom is -0.480 e. The van der Waals surface area contributed by atoms with Crippen molar-refractivity contribution in [3.8, 4) is 0 Å². The lowest BCUT2D eigenvalue weighted by Gasteiger charge is -2.50. The van der Waals surface area contributed by atoms with Crippen LogP contribution in [0.5, 0.6) is 0 Å². The predicted molar refractivity (Wildman–Crippen MR) is 327 cm³/mol. The van der Waals surface area contributed by atoms with Gasteiger partial charge in [0.1, 0.15) is 73.1 Å². The quantitative estimate of drug-likeness (QED) is 0.0261. The maximum absolute atomic E-state index is 14.8. The molecule has 0 aromatic carbocycles. The highest BCUT2D eigenvalue weighted by atomic mass is 16.8. The number of hydrogen-bond acceptors (Lipinski definition) is 25. The molecule has 0 bridgehead atoms. The van der Waals surface area contributed by atoms with Crippen LogP contribution < -0.4 is 16.0 Å². The topological polar surface area (TPSA) is 484 Å². The summed E-state index contributed by atoms with van der Waals surface area (Å²) in [6.45, 7) is 12.9. The van der Waals surface area contributed by atoms with Crippen LogP contribution >= 0.6 is 0 Å². The molecule has 0 radical (unpaired) electrons. The average molecular weight is 1340 g/mol. The van der Waals surface area contributed by atoms with Crippen molar-refractivity contribution in [1.82, 2.24) is 30.7 Å². The number of likely N-dealkylation sites (tertiary alicyclic amines) is 1. The molecule has 0 aromatic heterocycles. The lowest BCUT2D eigenvalue weighted by molar-refractivity contribution is -0.377. The second-order valence-corrected chi connectivity index (χ2v) is 25.4. The first-order valence-corrected chi connectivity index (χ1v) is 31.4. The van der Waals surface area contributed by atoms with Gasteiger partial charge in [-0.25, -0.2) is 9.59 Å². The number of aliphatic carboxylic acids is 2. The lowest BCUT2D eigenvalue weighted by atomic mass is 9.88. The molecule has 536 valence electrons. The van der Waals surface area contributed by atoms with E-state index in [2.05, 4.69) is 16.0 Å². The van der Waals surface area contributed by atoms with E-state index in [-0.39, 0.29) is 24.7 Å². The zero-order chi connectivity index (χ0) is 70.8. The number of ether oxygens (including phenoxy) is 6. The molecule has 32 nitrogen and oxygen atoms in total. The Labute approximate surface area is 542 Å². The molecule has 5 amide bonds. The normalized spacial score (nSPS) is 28.2. The molecule has 3 saturated heterocycles. The van der Waals surface area contributed by atoms with Gasteiger partial charge in [0, 0.05) is 54.1 Å². The van der Waals surface area contributed by atoms with Gasteiger partial charge in [0.15, 0.2) is 6.29 Å². The molecule has 32 heteroatoms. The van der Waals surface area contributed by atoms with Crippen LogP contribution in [0.4, 0.5) is 0 Å². The van der Waals surface area contributed by atoms with Gasteiger partial charge < -0.3 is 121 Å². The molecule has 23 atom stereocenters. The third kappa shape index (κ3) is 21.0. The maximum Gasteiger partial charge on any atom is 0.364 e. The second-order valence-electron chi connectivity index (χ2n) is 25.4. The summed E-state index contributed by atoms with van der Waals surface area (Å²) in [6, 6.07) is -6.57. The Bertz CT molecular complexity index is 2480. The Balaban J connectivity index is 1.85. The molecule has 3 aliphatic rings. The van der Waals surface area contributed by atoms with Crippen molar-refractivity contribution in [3.05, 3.63) is 23.8 Å². The summed E-state index contributed by atoms with van der Waals surface area (Å²) in [4.78, 5) is 99.2. The molecule has 3 fully saturated rings. The van der Waals surface area contributed by atoms with E-state index in [9.17, 15) is 99.9 Å². The Morgan fingerprint density at radius 1 is 0.796 bits per heavy atom. The summed E-state index contributed by atoms with van der Waals surface area (Å²) in [6.07, 6.45) is -24.4. The number of carboxylic acid groups (broad SMARTS) is 2. The van der Waals surface area contributed by atoms with Crippen molar-refractivity contribution in [2.24, 2.45) is 23.7 Å². The van der Waals surface area contributed by atoms with Crippen LogP contribution in [0.2, 0.25) is 0 Å². The van der Waals surface area contributed by atoms with Crippen molar-refractivity contribution in [1.29, 1.82) is 0 Å². The van der Waals surface area contributed by atoms with Gasteiger partial charge in [0.2, 0.25) is 29.5 Å². The van der Waals surface area contributed by atoms with Gasteiger partial charge in [-0.15, -0.1) is 0 Å². The summed E-state index contributed by atoms with van der Waals surface area (Å²) in [5.74, 6) is -11.8. The van der Waals surface area contributed by atoms with Crippen LogP contribution in [0.3, 0.4) is 0 Å². The van der Waals surface area contributed by atoms with Crippen LogP contribution in [-0.4, -0.2) is 318 Å². The van der Waals surface area contributed by atoms with Gasteiger partial charge in [0.25, 0.3) is 5.79 Å². The molecule has 3 rings (SSSR count). The number of allylic oxidation sites excluding steroid dienone is 3.